The summed E-state index contributed by atoms with van der Waals surface area (Å²) in [5, 5.41) is 4.45. The summed E-state index contributed by atoms with van der Waals surface area (Å²) in [6, 6.07) is 25.4. The van der Waals surface area contributed by atoms with Crippen LogP contribution in [0.3, 0.4) is 0 Å². The molecule has 0 spiro atoms. The fourth-order valence-electron chi connectivity index (χ4n) is 3.84. The summed E-state index contributed by atoms with van der Waals surface area (Å²) in [7, 11) is 0. The Bertz CT molecular complexity index is 1340. The van der Waals surface area contributed by atoms with Gasteiger partial charge in [0.25, 0.3) is 11.1 Å². The molecule has 0 unspecified atom stereocenters. The number of hydrogen-bond donors (Lipinski definition) is 0. The van der Waals surface area contributed by atoms with Crippen molar-refractivity contribution in [2.75, 3.05) is 13.2 Å². The topological polar surface area (TPSA) is 46.6 Å². The standard InChI is InChI=1S/C26H18ClNO3S/c27-22-11-5-6-12-23(22)31-14-13-28-25(29)24(32-26(28)30)16-21-19-9-3-1-7-17(19)15-18-8-2-4-10-20(18)21/h1-12,15-16H,13-14H2/b24-16-. The minimum absolute atomic E-state index is 0.156. The van der Waals surface area contributed by atoms with Gasteiger partial charge in [-0.15, -0.1) is 0 Å². The van der Waals surface area contributed by atoms with Gasteiger partial charge in [-0.3, -0.25) is 14.5 Å². The van der Waals surface area contributed by atoms with Crippen LogP contribution in [-0.2, 0) is 4.79 Å². The van der Waals surface area contributed by atoms with Crippen LogP contribution in [0.1, 0.15) is 5.56 Å². The Morgan fingerprint density at radius 3 is 2.19 bits per heavy atom. The minimum atomic E-state index is -0.306. The van der Waals surface area contributed by atoms with Gasteiger partial charge in [-0.05, 0) is 63.1 Å². The molecule has 158 valence electrons. The molecule has 5 rings (SSSR count). The number of carbonyl (C=O) groups excluding carboxylic acids is 2. The summed E-state index contributed by atoms with van der Waals surface area (Å²) < 4.78 is 5.66. The van der Waals surface area contributed by atoms with Crippen LogP contribution in [0.5, 0.6) is 5.75 Å². The van der Waals surface area contributed by atoms with Gasteiger partial charge in [0.15, 0.2) is 0 Å². The number of halogens is 1. The Labute approximate surface area is 194 Å². The highest BCUT2D eigenvalue weighted by molar-refractivity contribution is 8.18. The molecule has 0 N–H and O–H groups in total. The second-order valence-electron chi connectivity index (χ2n) is 7.34. The summed E-state index contributed by atoms with van der Waals surface area (Å²) >= 11 is 7.06. The lowest BCUT2D eigenvalue weighted by Gasteiger charge is -2.14. The zero-order valence-electron chi connectivity index (χ0n) is 17.0. The Kier molecular flexibility index (Phi) is 5.60. The van der Waals surface area contributed by atoms with E-state index in [9.17, 15) is 9.59 Å². The number of benzene rings is 4. The highest BCUT2D eigenvalue weighted by Gasteiger charge is 2.35. The van der Waals surface area contributed by atoms with Crippen LogP contribution in [0.2, 0.25) is 5.02 Å². The molecule has 4 nitrogen and oxygen atoms in total. The molecule has 0 aliphatic carbocycles. The maximum atomic E-state index is 13.0. The summed E-state index contributed by atoms with van der Waals surface area (Å²) in [6.45, 7) is 0.329. The number of thioether (sulfide) groups is 1. The summed E-state index contributed by atoms with van der Waals surface area (Å²) in [4.78, 5) is 27.2. The van der Waals surface area contributed by atoms with E-state index in [0.717, 1.165) is 38.9 Å². The van der Waals surface area contributed by atoms with Gasteiger partial charge in [0.1, 0.15) is 12.4 Å². The first kappa shape index (κ1) is 20.6. The van der Waals surface area contributed by atoms with E-state index in [4.69, 9.17) is 16.3 Å². The third kappa shape index (κ3) is 3.85. The maximum Gasteiger partial charge on any atom is 0.293 e. The number of hydrogen-bond acceptors (Lipinski definition) is 4. The molecule has 4 aromatic carbocycles. The van der Waals surface area contributed by atoms with Crippen LogP contribution in [0.25, 0.3) is 27.6 Å². The molecular weight excluding hydrogens is 442 g/mol. The van der Waals surface area contributed by atoms with Gasteiger partial charge in [0, 0.05) is 0 Å². The highest BCUT2D eigenvalue weighted by atomic mass is 35.5. The summed E-state index contributed by atoms with van der Waals surface area (Å²) in [5.74, 6) is 0.221. The SMILES string of the molecule is O=C1S/C(=C\c2c3ccccc3cc3ccccc23)C(=O)N1CCOc1ccccc1Cl. The Balaban J connectivity index is 1.44. The number of amides is 2. The van der Waals surface area contributed by atoms with Crippen LogP contribution in [0.15, 0.2) is 83.8 Å². The van der Waals surface area contributed by atoms with Crippen LogP contribution in [-0.4, -0.2) is 29.2 Å². The van der Waals surface area contributed by atoms with Gasteiger partial charge in [-0.25, -0.2) is 0 Å². The molecular formula is C26H18ClNO3S. The van der Waals surface area contributed by atoms with Crippen LogP contribution >= 0.6 is 23.4 Å². The average molecular weight is 460 g/mol. The molecule has 0 bridgehead atoms. The van der Waals surface area contributed by atoms with Crippen LogP contribution < -0.4 is 4.74 Å². The number of fused-ring (bicyclic) bond motifs is 2. The van der Waals surface area contributed by atoms with Crippen LogP contribution in [0.4, 0.5) is 4.79 Å². The van der Waals surface area contributed by atoms with Crippen molar-refractivity contribution in [3.05, 3.63) is 94.4 Å². The van der Waals surface area contributed by atoms with E-state index >= 15 is 0 Å². The average Bonchev–Trinajstić information content (AvgIpc) is 3.07. The minimum Gasteiger partial charge on any atom is -0.490 e. The Hall–Kier alpha value is -3.28. The number of nitrogens with zero attached hydrogens (tertiary/aromatic N) is 1. The molecule has 1 saturated heterocycles. The molecule has 0 atom stereocenters. The van der Waals surface area contributed by atoms with E-state index in [1.807, 2.05) is 54.6 Å². The highest BCUT2D eigenvalue weighted by Crippen LogP contribution is 2.36. The maximum absolute atomic E-state index is 13.0. The predicted molar refractivity (Wildman–Crippen MR) is 131 cm³/mol. The third-order valence-electron chi connectivity index (χ3n) is 5.37. The largest absolute Gasteiger partial charge is 0.490 e. The van der Waals surface area contributed by atoms with E-state index in [1.54, 1.807) is 12.1 Å². The molecule has 1 aliphatic heterocycles. The van der Waals surface area contributed by atoms with Gasteiger partial charge in [-0.2, -0.15) is 0 Å². The van der Waals surface area contributed by atoms with E-state index in [0.29, 0.717) is 15.7 Å². The zero-order valence-corrected chi connectivity index (χ0v) is 18.5. The van der Waals surface area contributed by atoms with Gasteiger partial charge in [0.05, 0.1) is 16.5 Å². The molecule has 6 heteroatoms. The van der Waals surface area contributed by atoms with E-state index in [1.165, 1.54) is 4.90 Å². The lowest BCUT2D eigenvalue weighted by Crippen LogP contribution is -2.32. The predicted octanol–water partition coefficient (Wildman–Crippen LogP) is 6.76. The Morgan fingerprint density at radius 1 is 0.875 bits per heavy atom. The summed E-state index contributed by atoms with van der Waals surface area (Å²) in [5.41, 5.74) is 0.941. The molecule has 1 heterocycles. The first-order chi connectivity index (χ1) is 15.6. The lowest BCUT2D eigenvalue weighted by molar-refractivity contribution is -0.123. The zero-order chi connectivity index (χ0) is 22.1. The number of carbonyl (C=O) groups is 2. The molecule has 2 amide bonds. The van der Waals surface area contributed by atoms with Crippen molar-refractivity contribution in [3.63, 3.8) is 0 Å². The third-order valence-corrected chi connectivity index (χ3v) is 6.59. The van der Waals surface area contributed by atoms with E-state index in [-0.39, 0.29) is 24.3 Å². The van der Waals surface area contributed by atoms with E-state index in [2.05, 4.69) is 18.2 Å². The van der Waals surface area contributed by atoms with Crippen molar-refractivity contribution >= 4 is 62.1 Å². The van der Waals surface area contributed by atoms with Crippen molar-refractivity contribution in [3.8, 4) is 5.75 Å². The second kappa shape index (κ2) is 8.69. The van der Waals surface area contributed by atoms with Crippen molar-refractivity contribution in [1.82, 2.24) is 4.90 Å². The first-order valence-electron chi connectivity index (χ1n) is 10.1. The molecule has 1 fully saturated rings. The second-order valence-corrected chi connectivity index (χ2v) is 8.75. The van der Waals surface area contributed by atoms with Crippen LogP contribution in [0, 0.1) is 0 Å². The van der Waals surface area contributed by atoms with Crippen molar-refractivity contribution in [2.45, 2.75) is 0 Å². The summed E-state index contributed by atoms with van der Waals surface area (Å²) in [6.07, 6.45) is 1.84. The van der Waals surface area contributed by atoms with E-state index < -0.39 is 0 Å². The Morgan fingerprint density at radius 2 is 1.50 bits per heavy atom. The smallest absolute Gasteiger partial charge is 0.293 e. The monoisotopic (exact) mass is 459 g/mol. The number of para-hydroxylation sites is 1. The quantitative estimate of drug-likeness (QED) is 0.244. The van der Waals surface area contributed by atoms with Crippen molar-refractivity contribution < 1.29 is 14.3 Å². The molecule has 0 aromatic heterocycles. The molecule has 1 aliphatic rings. The van der Waals surface area contributed by atoms with Crippen molar-refractivity contribution in [1.29, 1.82) is 0 Å². The van der Waals surface area contributed by atoms with Crippen molar-refractivity contribution in [2.24, 2.45) is 0 Å². The van der Waals surface area contributed by atoms with Gasteiger partial charge >= 0.3 is 0 Å². The van der Waals surface area contributed by atoms with Gasteiger partial charge in [-0.1, -0.05) is 72.3 Å². The molecule has 0 saturated carbocycles. The molecule has 4 aromatic rings. The molecule has 0 radical (unpaired) electrons. The fraction of sp³-hybridized carbons (Fsp3) is 0.0769. The number of imide groups is 1. The number of rotatable bonds is 5. The fourth-order valence-corrected chi connectivity index (χ4v) is 4.87. The molecule has 32 heavy (non-hydrogen) atoms. The number of ether oxygens (including phenoxy) is 1. The first-order valence-corrected chi connectivity index (χ1v) is 11.3. The van der Waals surface area contributed by atoms with Gasteiger partial charge < -0.3 is 4.74 Å². The van der Waals surface area contributed by atoms with Gasteiger partial charge in [0.2, 0.25) is 0 Å². The lowest BCUT2D eigenvalue weighted by atomic mass is 9.96. The normalized spacial score (nSPS) is 15.3.